The lowest BCUT2D eigenvalue weighted by atomic mass is 10.1. The zero-order valence-electron chi connectivity index (χ0n) is 14.6. The first-order valence-corrected chi connectivity index (χ1v) is 9.62. The summed E-state index contributed by atoms with van der Waals surface area (Å²) in [5.74, 6) is -1.98. The van der Waals surface area contributed by atoms with Crippen molar-refractivity contribution in [1.29, 1.82) is 0 Å². The predicted octanol–water partition coefficient (Wildman–Crippen LogP) is 4.12. The molecule has 2 aromatic carbocycles. The molecule has 1 atom stereocenters. The lowest BCUT2D eigenvalue weighted by Gasteiger charge is -2.16. The van der Waals surface area contributed by atoms with Crippen LogP contribution in [0.5, 0.6) is 0 Å². The summed E-state index contributed by atoms with van der Waals surface area (Å²) in [6, 6.07) is 13.4. The number of aromatic nitrogens is 1. The van der Waals surface area contributed by atoms with Crippen LogP contribution in [0.4, 0.5) is 0 Å². The highest BCUT2D eigenvalue weighted by molar-refractivity contribution is 8.00. The van der Waals surface area contributed by atoms with Crippen molar-refractivity contribution in [3.63, 3.8) is 0 Å². The maximum absolute atomic E-state index is 12.5. The van der Waals surface area contributed by atoms with E-state index < -0.39 is 23.0 Å². The van der Waals surface area contributed by atoms with Gasteiger partial charge in [0.1, 0.15) is 5.25 Å². The zero-order valence-corrected chi connectivity index (χ0v) is 16.2. The van der Waals surface area contributed by atoms with Crippen molar-refractivity contribution >= 4 is 52.0 Å². The molecular formula is C20H13ClN2O4S. The second kappa shape index (κ2) is 7.26. The number of hydrogen-bond donors (Lipinski definition) is 0. The van der Waals surface area contributed by atoms with E-state index in [4.69, 9.17) is 16.4 Å². The molecule has 0 saturated heterocycles. The lowest BCUT2D eigenvalue weighted by molar-refractivity contribution is -0.167. The average Bonchev–Trinajstić information content (AvgIpc) is 2.93. The van der Waals surface area contributed by atoms with Crippen LogP contribution in [0.15, 0.2) is 59.6 Å². The molecule has 0 spiro atoms. The Morgan fingerprint density at radius 1 is 1.11 bits per heavy atom. The summed E-state index contributed by atoms with van der Waals surface area (Å²) < 4.78 is 0. The third-order valence-electron chi connectivity index (χ3n) is 4.24. The Hall–Kier alpha value is -2.90. The number of pyridine rings is 1. The third kappa shape index (κ3) is 3.23. The second-order valence-corrected chi connectivity index (χ2v) is 7.91. The van der Waals surface area contributed by atoms with E-state index in [9.17, 15) is 14.4 Å². The van der Waals surface area contributed by atoms with Crippen LogP contribution in [-0.4, -0.2) is 33.1 Å². The maximum Gasteiger partial charge on any atom is 0.346 e. The molecule has 4 rings (SSSR count). The number of nitrogens with zero attached hydrogens (tertiary/aromatic N) is 2. The maximum atomic E-state index is 12.5. The van der Waals surface area contributed by atoms with Crippen molar-refractivity contribution in [2.24, 2.45) is 0 Å². The van der Waals surface area contributed by atoms with Crippen LogP contribution in [-0.2, 0) is 9.63 Å². The molecule has 0 aliphatic carbocycles. The summed E-state index contributed by atoms with van der Waals surface area (Å²) in [4.78, 5) is 47.4. The van der Waals surface area contributed by atoms with Gasteiger partial charge in [-0.1, -0.05) is 34.9 Å². The molecule has 1 aliphatic heterocycles. The van der Waals surface area contributed by atoms with Crippen LogP contribution in [0.1, 0.15) is 27.6 Å². The summed E-state index contributed by atoms with van der Waals surface area (Å²) in [6.45, 7) is 1.65. The Labute approximate surface area is 169 Å². The number of rotatable bonds is 4. The summed E-state index contributed by atoms with van der Waals surface area (Å²) in [5, 5.41) is 1.28. The van der Waals surface area contributed by atoms with E-state index in [-0.39, 0.29) is 11.1 Å². The van der Waals surface area contributed by atoms with Crippen LogP contribution >= 0.6 is 23.4 Å². The number of fused-ring (bicyclic) bond motifs is 2. The summed E-state index contributed by atoms with van der Waals surface area (Å²) in [6.07, 6.45) is 1.63. The standard InChI is InChI=1S/C20H13ClN2O4S/c1-11(28-17-8-9-22-16-10-12(21)6-7-15(16)17)20(26)27-23-18(24)13-4-2-3-5-14(13)19(23)25/h2-11H,1H3. The van der Waals surface area contributed by atoms with Gasteiger partial charge < -0.3 is 4.84 Å². The van der Waals surface area contributed by atoms with Gasteiger partial charge >= 0.3 is 5.97 Å². The Morgan fingerprint density at radius 3 is 2.46 bits per heavy atom. The highest BCUT2D eigenvalue weighted by Crippen LogP contribution is 2.32. The monoisotopic (exact) mass is 412 g/mol. The van der Waals surface area contributed by atoms with Crippen LogP contribution in [0, 0.1) is 0 Å². The van der Waals surface area contributed by atoms with Crippen LogP contribution in [0.3, 0.4) is 0 Å². The number of hydrogen-bond acceptors (Lipinski definition) is 6. The number of carbonyl (C=O) groups is 3. The van der Waals surface area contributed by atoms with E-state index in [0.29, 0.717) is 15.6 Å². The number of imide groups is 1. The molecule has 0 radical (unpaired) electrons. The molecular weight excluding hydrogens is 400 g/mol. The number of amides is 2. The Kier molecular flexibility index (Phi) is 4.78. The van der Waals surface area contributed by atoms with Crippen molar-refractivity contribution in [2.45, 2.75) is 17.1 Å². The molecule has 0 N–H and O–H groups in total. The number of hydroxylamine groups is 2. The summed E-state index contributed by atoms with van der Waals surface area (Å²) in [5.41, 5.74) is 1.15. The van der Waals surface area contributed by atoms with Gasteiger partial charge in [0.2, 0.25) is 0 Å². The van der Waals surface area contributed by atoms with E-state index in [1.807, 2.05) is 6.07 Å². The number of benzene rings is 2. The molecule has 8 heteroatoms. The van der Waals surface area contributed by atoms with Crippen molar-refractivity contribution in [1.82, 2.24) is 10.0 Å². The second-order valence-electron chi connectivity index (χ2n) is 6.09. The van der Waals surface area contributed by atoms with Crippen LogP contribution in [0.2, 0.25) is 5.02 Å². The zero-order chi connectivity index (χ0) is 19.8. The smallest absolute Gasteiger partial charge is 0.328 e. The predicted molar refractivity (Wildman–Crippen MR) is 105 cm³/mol. The highest BCUT2D eigenvalue weighted by Gasteiger charge is 2.39. The first-order valence-electron chi connectivity index (χ1n) is 8.36. The molecule has 2 heterocycles. The van der Waals surface area contributed by atoms with Gasteiger partial charge in [0, 0.05) is 21.5 Å². The molecule has 28 heavy (non-hydrogen) atoms. The lowest BCUT2D eigenvalue weighted by Crippen LogP contribution is -2.35. The molecule has 2 amide bonds. The van der Waals surface area contributed by atoms with Crippen molar-refractivity contribution in [3.05, 3.63) is 70.9 Å². The average molecular weight is 413 g/mol. The summed E-state index contributed by atoms with van der Waals surface area (Å²) >= 11 is 7.25. The molecule has 0 fully saturated rings. The van der Waals surface area contributed by atoms with Gasteiger partial charge in [0.05, 0.1) is 16.6 Å². The van der Waals surface area contributed by atoms with E-state index in [0.717, 1.165) is 10.3 Å². The summed E-state index contributed by atoms with van der Waals surface area (Å²) in [7, 11) is 0. The minimum Gasteiger partial charge on any atom is -0.328 e. The molecule has 0 bridgehead atoms. The minimum atomic E-state index is -0.696. The first-order chi connectivity index (χ1) is 13.5. The molecule has 0 saturated carbocycles. The van der Waals surface area contributed by atoms with E-state index in [1.165, 1.54) is 23.9 Å². The fraction of sp³-hybridized carbons (Fsp3) is 0.100. The third-order valence-corrected chi connectivity index (χ3v) is 5.63. The fourth-order valence-electron chi connectivity index (χ4n) is 2.85. The Balaban J connectivity index is 1.51. The fourth-order valence-corrected chi connectivity index (χ4v) is 3.98. The van der Waals surface area contributed by atoms with Gasteiger partial charge in [-0.25, -0.2) is 4.79 Å². The minimum absolute atomic E-state index is 0.220. The van der Waals surface area contributed by atoms with Gasteiger partial charge in [-0.15, -0.1) is 11.8 Å². The molecule has 1 aromatic heterocycles. The largest absolute Gasteiger partial charge is 0.346 e. The molecule has 140 valence electrons. The first kappa shape index (κ1) is 18.5. The Bertz CT molecular complexity index is 1100. The molecule has 1 unspecified atom stereocenters. The van der Waals surface area contributed by atoms with Crippen LogP contribution < -0.4 is 0 Å². The molecule has 1 aliphatic rings. The van der Waals surface area contributed by atoms with Gasteiger partial charge in [0.15, 0.2) is 0 Å². The van der Waals surface area contributed by atoms with Gasteiger partial charge in [-0.2, -0.15) is 0 Å². The Morgan fingerprint density at radius 2 is 1.79 bits per heavy atom. The van der Waals surface area contributed by atoms with Crippen LogP contribution in [0.25, 0.3) is 10.9 Å². The number of halogens is 1. The SMILES string of the molecule is CC(Sc1ccnc2cc(Cl)ccc12)C(=O)ON1C(=O)c2ccccc2C1=O. The normalized spacial score (nSPS) is 14.3. The van der Waals surface area contributed by atoms with Gasteiger partial charge in [-0.05, 0) is 37.3 Å². The van der Waals surface area contributed by atoms with E-state index in [2.05, 4.69) is 4.98 Å². The van der Waals surface area contributed by atoms with E-state index >= 15 is 0 Å². The topological polar surface area (TPSA) is 76.6 Å². The quantitative estimate of drug-likeness (QED) is 0.474. The van der Waals surface area contributed by atoms with E-state index in [1.54, 1.807) is 43.5 Å². The van der Waals surface area contributed by atoms with Crippen molar-refractivity contribution in [2.75, 3.05) is 0 Å². The number of carbonyl (C=O) groups excluding carboxylic acids is 3. The molecule has 6 nitrogen and oxygen atoms in total. The van der Waals surface area contributed by atoms with Crippen molar-refractivity contribution < 1.29 is 19.2 Å². The number of thioether (sulfide) groups is 1. The van der Waals surface area contributed by atoms with Gasteiger partial charge in [-0.3, -0.25) is 14.6 Å². The highest BCUT2D eigenvalue weighted by atomic mass is 35.5. The van der Waals surface area contributed by atoms with Crippen molar-refractivity contribution in [3.8, 4) is 0 Å². The molecule has 3 aromatic rings. The van der Waals surface area contributed by atoms with Gasteiger partial charge in [0.25, 0.3) is 11.8 Å².